The molecule has 218 valence electrons. The van der Waals surface area contributed by atoms with Crippen LogP contribution in [0.15, 0.2) is 24.3 Å². The number of rotatable bonds is 16. The summed E-state index contributed by atoms with van der Waals surface area (Å²) in [5.74, 6) is 0.489. The van der Waals surface area contributed by atoms with Crippen molar-refractivity contribution in [3.8, 4) is 0 Å². The molecule has 3 fully saturated rings. The molecule has 7 heteroatoms. The van der Waals surface area contributed by atoms with E-state index in [1.807, 2.05) is 0 Å². The summed E-state index contributed by atoms with van der Waals surface area (Å²) >= 11 is 5.03. The molecule has 0 radical (unpaired) electrons. The monoisotopic (exact) mass is 552 g/mol. The molecule has 0 spiro atoms. The zero-order chi connectivity index (χ0) is 27.0. The van der Waals surface area contributed by atoms with E-state index >= 15 is 0 Å². The van der Waals surface area contributed by atoms with Gasteiger partial charge in [0.1, 0.15) is 0 Å². The highest BCUT2D eigenvalue weighted by Gasteiger charge is 2.41. The van der Waals surface area contributed by atoms with Crippen molar-refractivity contribution in [2.24, 2.45) is 11.8 Å². The molecule has 0 amide bonds. The standard InChI is InChI=1S/C31H52O6S/c1-3-4-7-14-24(36-30-17-10-12-21-34-30)19-20-25-26(15-8-5-6-9-16-29(32)33-2)28(38)23-27(25)37-31-18-11-13-22-35-31/h5,8,19-20,24-28,30-31,38H,3-4,6-7,9-18,21-23H2,1-2H3/t24-,25+,26+,27+,28-,30?,31?/m0/s1. The number of hydrogen-bond donors (Lipinski definition) is 1. The molecule has 0 aromatic rings. The molecule has 3 rings (SSSR count). The fourth-order valence-corrected chi connectivity index (χ4v) is 6.28. The lowest BCUT2D eigenvalue weighted by Gasteiger charge is -2.30. The van der Waals surface area contributed by atoms with Crippen molar-refractivity contribution in [2.45, 2.75) is 133 Å². The first-order valence-electron chi connectivity index (χ1n) is 15.2. The van der Waals surface area contributed by atoms with Crippen LogP contribution in [-0.4, -0.2) is 56.3 Å². The van der Waals surface area contributed by atoms with E-state index in [1.54, 1.807) is 0 Å². The van der Waals surface area contributed by atoms with Crippen molar-refractivity contribution in [3.63, 3.8) is 0 Å². The quantitative estimate of drug-likeness (QED) is 0.0948. The third-order valence-electron chi connectivity index (χ3n) is 8.02. The lowest BCUT2D eigenvalue weighted by molar-refractivity contribution is -0.192. The molecule has 2 aliphatic heterocycles. The lowest BCUT2D eigenvalue weighted by atomic mass is 9.90. The number of allylic oxidation sites excluding steroid dienone is 2. The topological polar surface area (TPSA) is 63.2 Å². The molecular formula is C31H52O6S. The smallest absolute Gasteiger partial charge is 0.305 e. The predicted octanol–water partition coefficient (Wildman–Crippen LogP) is 7.17. The summed E-state index contributed by atoms with van der Waals surface area (Å²) in [5, 5.41) is 0.263. The summed E-state index contributed by atoms with van der Waals surface area (Å²) in [6.07, 6.45) is 24.2. The Labute approximate surface area is 236 Å². The SMILES string of the molecule is CCCCC[C@@H](C=C[C@@H]1[C@@H](CC=CCCCC(=O)OC)[C@@H](S)C[C@H]1OC1CCCCO1)OC1CCCCO1. The highest BCUT2D eigenvalue weighted by Crippen LogP contribution is 2.42. The number of hydrogen-bond acceptors (Lipinski definition) is 7. The van der Waals surface area contributed by atoms with Gasteiger partial charge < -0.3 is 23.7 Å². The van der Waals surface area contributed by atoms with Crippen LogP contribution in [0.1, 0.15) is 103 Å². The average molecular weight is 553 g/mol. The minimum absolute atomic E-state index is 0.0599. The van der Waals surface area contributed by atoms with Crippen molar-refractivity contribution in [3.05, 3.63) is 24.3 Å². The molecule has 6 nitrogen and oxygen atoms in total. The minimum Gasteiger partial charge on any atom is -0.469 e. The second-order valence-corrected chi connectivity index (χ2v) is 11.7. The maximum atomic E-state index is 11.4. The number of thiol groups is 1. The molecule has 0 N–H and O–H groups in total. The largest absolute Gasteiger partial charge is 0.469 e. The van der Waals surface area contributed by atoms with Crippen molar-refractivity contribution < 1.29 is 28.5 Å². The summed E-state index contributed by atoms with van der Waals surface area (Å²) < 4.78 is 29.6. The van der Waals surface area contributed by atoms with Gasteiger partial charge in [0.15, 0.2) is 12.6 Å². The Balaban J connectivity index is 1.65. The molecule has 2 heterocycles. The molecule has 0 aromatic carbocycles. The molecule has 0 bridgehead atoms. The number of esters is 1. The Morgan fingerprint density at radius 3 is 2.47 bits per heavy atom. The third-order valence-corrected chi connectivity index (χ3v) is 8.61. The number of ether oxygens (including phenoxy) is 5. The summed E-state index contributed by atoms with van der Waals surface area (Å²) in [5.41, 5.74) is 0. The summed E-state index contributed by atoms with van der Waals surface area (Å²) in [6, 6.07) is 0. The van der Waals surface area contributed by atoms with Gasteiger partial charge in [0.25, 0.3) is 0 Å². The molecule has 0 aromatic heterocycles. The van der Waals surface area contributed by atoms with Crippen LogP contribution in [-0.2, 0) is 28.5 Å². The van der Waals surface area contributed by atoms with E-state index in [1.165, 1.54) is 26.4 Å². The van der Waals surface area contributed by atoms with Gasteiger partial charge in [-0.2, -0.15) is 12.6 Å². The van der Waals surface area contributed by atoms with Crippen LogP contribution < -0.4 is 0 Å². The second kappa shape index (κ2) is 18.5. The van der Waals surface area contributed by atoms with Gasteiger partial charge in [-0.25, -0.2) is 0 Å². The first kappa shape index (κ1) is 31.7. The van der Waals surface area contributed by atoms with Crippen molar-refractivity contribution in [1.29, 1.82) is 0 Å². The normalized spacial score (nSPS) is 31.2. The molecule has 2 saturated heterocycles. The average Bonchev–Trinajstić information content (AvgIpc) is 3.23. The van der Waals surface area contributed by atoms with Gasteiger partial charge in [-0.05, 0) is 76.5 Å². The van der Waals surface area contributed by atoms with Crippen LogP contribution in [0, 0.1) is 11.8 Å². The van der Waals surface area contributed by atoms with Gasteiger partial charge in [0.05, 0.1) is 19.3 Å². The fourth-order valence-electron chi connectivity index (χ4n) is 5.75. The lowest BCUT2D eigenvalue weighted by Crippen LogP contribution is -2.31. The highest BCUT2D eigenvalue weighted by molar-refractivity contribution is 7.81. The second-order valence-electron chi connectivity index (χ2n) is 11.0. The van der Waals surface area contributed by atoms with Crippen LogP contribution >= 0.6 is 12.6 Å². The summed E-state index contributed by atoms with van der Waals surface area (Å²) in [6.45, 7) is 3.82. The van der Waals surface area contributed by atoms with Gasteiger partial charge in [0.2, 0.25) is 0 Å². The van der Waals surface area contributed by atoms with Crippen molar-refractivity contribution in [2.75, 3.05) is 20.3 Å². The van der Waals surface area contributed by atoms with Crippen LogP contribution in [0.4, 0.5) is 0 Å². The first-order valence-corrected chi connectivity index (χ1v) is 15.7. The Kier molecular flexibility index (Phi) is 15.4. The summed E-state index contributed by atoms with van der Waals surface area (Å²) in [4.78, 5) is 11.4. The van der Waals surface area contributed by atoms with Gasteiger partial charge in [-0.15, -0.1) is 0 Å². The van der Waals surface area contributed by atoms with Crippen LogP contribution in [0.2, 0.25) is 0 Å². The highest BCUT2D eigenvalue weighted by atomic mass is 32.1. The number of unbranched alkanes of at least 4 members (excludes halogenated alkanes) is 3. The Bertz CT molecular complexity index is 700. The van der Waals surface area contributed by atoms with E-state index in [-0.39, 0.29) is 41.9 Å². The Morgan fingerprint density at radius 1 is 1.03 bits per heavy atom. The van der Waals surface area contributed by atoms with E-state index in [0.29, 0.717) is 12.3 Å². The maximum Gasteiger partial charge on any atom is 0.305 e. The van der Waals surface area contributed by atoms with E-state index in [9.17, 15) is 4.79 Å². The van der Waals surface area contributed by atoms with Crippen molar-refractivity contribution in [1.82, 2.24) is 0 Å². The molecule has 1 saturated carbocycles. The molecular weight excluding hydrogens is 500 g/mol. The van der Waals surface area contributed by atoms with E-state index in [0.717, 1.165) is 83.8 Å². The predicted molar refractivity (Wildman–Crippen MR) is 154 cm³/mol. The Hall–Kier alpha value is -0.860. The van der Waals surface area contributed by atoms with Gasteiger partial charge in [0, 0.05) is 30.8 Å². The van der Waals surface area contributed by atoms with Gasteiger partial charge in [-0.3, -0.25) is 4.79 Å². The molecule has 1 aliphatic carbocycles. The van der Waals surface area contributed by atoms with Gasteiger partial charge in [-0.1, -0.05) is 50.5 Å². The van der Waals surface area contributed by atoms with Crippen LogP contribution in [0.3, 0.4) is 0 Å². The number of carbonyl (C=O) groups is 1. The van der Waals surface area contributed by atoms with E-state index in [4.69, 9.17) is 36.3 Å². The molecule has 7 atom stereocenters. The number of carbonyl (C=O) groups excluding carboxylic acids is 1. The minimum atomic E-state index is -0.144. The zero-order valence-electron chi connectivity index (χ0n) is 23.8. The third kappa shape index (κ3) is 11.3. The molecule has 38 heavy (non-hydrogen) atoms. The zero-order valence-corrected chi connectivity index (χ0v) is 24.7. The molecule has 3 aliphatic rings. The number of methoxy groups -OCH3 is 1. The molecule has 2 unspecified atom stereocenters. The fraction of sp³-hybridized carbons (Fsp3) is 0.839. The van der Waals surface area contributed by atoms with Crippen LogP contribution in [0.5, 0.6) is 0 Å². The Morgan fingerprint density at radius 2 is 1.79 bits per heavy atom. The van der Waals surface area contributed by atoms with E-state index < -0.39 is 0 Å². The van der Waals surface area contributed by atoms with E-state index in [2.05, 4.69) is 31.2 Å². The van der Waals surface area contributed by atoms with Crippen molar-refractivity contribution >= 4 is 18.6 Å². The maximum absolute atomic E-state index is 11.4. The first-order chi connectivity index (χ1) is 18.6. The summed E-state index contributed by atoms with van der Waals surface area (Å²) in [7, 11) is 1.44. The van der Waals surface area contributed by atoms with Gasteiger partial charge >= 0.3 is 5.97 Å². The van der Waals surface area contributed by atoms with Crippen LogP contribution in [0.25, 0.3) is 0 Å².